The number of hydrogen-bond donors (Lipinski definition) is 2. The average molecular weight is 467 g/mol. The van der Waals surface area contributed by atoms with Gasteiger partial charge in [-0.25, -0.2) is 9.97 Å². The van der Waals surface area contributed by atoms with Crippen molar-refractivity contribution >= 4 is 23.1 Å². The van der Waals surface area contributed by atoms with Crippen LogP contribution in [0.4, 0.5) is 17.2 Å². The summed E-state index contributed by atoms with van der Waals surface area (Å²) in [4.78, 5) is 21.3. The van der Waals surface area contributed by atoms with Crippen molar-refractivity contribution in [2.75, 3.05) is 17.2 Å². The zero-order chi connectivity index (χ0) is 24.3. The van der Waals surface area contributed by atoms with Crippen LogP contribution in [0.2, 0.25) is 0 Å². The summed E-state index contributed by atoms with van der Waals surface area (Å²) in [7, 11) is 0. The van der Waals surface area contributed by atoms with Crippen LogP contribution in [-0.4, -0.2) is 22.5 Å². The van der Waals surface area contributed by atoms with Gasteiger partial charge in [-0.3, -0.25) is 4.79 Å². The molecule has 0 fully saturated rings. The average Bonchev–Trinajstić information content (AvgIpc) is 2.91. The van der Waals surface area contributed by atoms with Crippen LogP contribution in [0, 0.1) is 0 Å². The molecule has 6 nitrogen and oxygen atoms in total. The van der Waals surface area contributed by atoms with Crippen LogP contribution in [-0.2, 0) is 0 Å². The van der Waals surface area contributed by atoms with E-state index in [4.69, 9.17) is 4.74 Å². The topological polar surface area (TPSA) is 76.1 Å². The fourth-order valence-electron chi connectivity index (χ4n) is 3.60. The van der Waals surface area contributed by atoms with Gasteiger partial charge in [0.25, 0.3) is 5.91 Å². The van der Waals surface area contributed by atoms with E-state index < -0.39 is 0 Å². The molecule has 0 spiro atoms. The van der Waals surface area contributed by atoms with Crippen molar-refractivity contribution in [2.45, 2.75) is 32.6 Å². The molecule has 3 aromatic carbocycles. The second kappa shape index (κ2) is 12.3. The third kappa shape index (κ3) is 7.14. The van der Waals surface area contributed by atoms with Gasteiger partial charge < -0.3 is 15.4 Å². The number of hydrogen-bond acceptors (Lipinski definition) is 5. The van der Waals surface area contributed by atoms with Gasteiger partial charge in [0.1, 0.15) is 17.9 Å². The molecule has 1 heterocycles. The van der Waals surface area contributed by atoms with E-state index in [0.717, 1.165) is 29.1 Å². The molecule has 0 saturated carbocycles. The largest absolute Gasteiger partial charge is 0.494 e. The standard InChI is InChI=1S/C29H30N4O2/c1-2-3-4-8-19-35-26-17-11-23(12-18-26)29(34)33-25-15-13-24(14-16-25)32-28-20-27(30-21-31-28)22-9-6-5-7-10-22/h5-7,9-18,20-21H,2-4,8,19H2,1H3,(H,33,34)(H,30,31,32). The lowest BCUT2D eigenvalue weighted by atomic mass is 10.1. The minimum absolute atomic E-state index is 0.163. The van der Waals surface area contributed by atoms with Gasteiger partial charge in [-0.05, 0) is 55.0 Å². The zero-order valence-electron chi connectivity index (χ0n) is 19.9. The molecule has 1 aromatic heterocycles. The quantitative estimate of drug-likeness (QED) is 0.231. The third-order valence-electron chi connectivity index (χ3n) is 5.53. The van der Waals surface area contributed by atoms with Crippen LogP contribution in [0.5, 0.6) is 5.75 Å². The summed E-state index contributed by atoms with van der Waals surface area (Å²) in [5, 5.41) is 6.22. The lowest BCUT2D eigenvalue weighted by Crippen LogP contribution is -2.11. The molecule has 0 aliphatic rings. The van der Waals surface area contributed by atoms with E-state index in [1.54, 1.807) is 18.5 Å². The molecule has 0 bridgehead atoms. The van der Waals surface area contributed by atoms with E-state index in [2.05, 4.69) is 27.5 Å². The number of benzene rings is 3. The molecular weight excluding hydrogens is 436 g/mol. The van der Waals surface area contributed by atoms with Crippen molar-refractivity contribution in [3.8, 4) is 17.0 Å². The van der Waals surface area contributed by atoms with Crippen molar-refractivity contribution in [3.05, 3.63) is 96.8 Å². The smallest absolute Gasteiger partial charge is 0.255 e. The van der Waals surface area contributed by atoms with Crippen molar-refractivity contribution in [1.82, 2.24) is 9.97 Å². The number of aromatic nitrogens is 2. The summed E-state index contributed by atoms with van der Waals surface area (Å²) in [6.07, 6.45) is 6.21. The molecule has 0 saturated heterocycles. The SMILES string of the molecule is CCCCCCOc1ccc(C(=O)Nc2ccc(Nc3cc(-c4ccccc4)ncn3)cc2)cc1. The Morgan fingerprint density at radius 3 is 2.31 bits per heavy atom. The number of ether oxygens (including phenoxy) is 1. The van der Waals surface area contributed by atoms with Crippen LogP contribution in [0.1, 0.15) is 43.0 Å². The number of amides is 1. The highest BCUT2D eigenvalue weighted by Crippen LogP contribution is 2.22. The van der Waals surface area contributed by atoms with Crippen molar-refractivity contribution in [3.63, 3.8) is 0 Å². The molecule has 4 aromatic rings. The third-order valence-corrected chi connectivity index (χ3v) is 5.53. The molecule has 0 atom stereocenters. The number of carbonyl (C=O) groups excluding carboxylic acids is 1. The van der Waals surface area contributed by atoms with Crippen LogP contribution in [0.25, 0.3) is 11.3 Å². The minimum Gasteiger partial charge on any atom is -0.494 e. The summed E-state index contributed by atoms with van der Waals surface area (Å²) in [5.41, 5.74) is 4.04. The maximum atomic E-state index is 12.6. The maximum absolute atomic E-state index is 12.6. The maximum Gasteiger partial charge on any atom is 0.255 e. The molecule has 1 amide bonds. The number of anilines is 3. The Morgan fingerprint density at radius 1 is 0.829 bits per heavy atom. The summed E-state index contributed by atoms with van der Waals surface area (Å²) >= 11 is 0. The highest BCUT2D eigenvalue weighted by atomic mass is 16.5. The second-order valence-electron chi connectivity index (χ2n) is 8.24. The first-order chi connectivity index (χ1) is 17.2. The van der Waals surface area contributed by atoms with Crippen LogP contribution in [0.15, 0.2) is 91.3 Å². The van der Waals surface area contributed by atoms with E-state index in [1.165, 1.54) is 19.3 Å². The van der Waals surface area contributed by atoms with Crippen LogP contribution >= 0.6 is 0 Å². The zero-order valence-corrected chi connectivity index (χ0v) is 19.9. The second-order valence-corrected chi connectivity index (χ2v) is 8.24. The van der Waals surface area contributed by atoms with E-state index in [9.17, 15) is 4.79 Å². The van der Waals surface area contributed by atoms with Gasteiger partial charge in [-0.1, -0.05) is 56.5 Å². The monoisotopic (exact) mass is 466 g/mol. The van der Waals surface area contributed by atoms with Crippen LogP contribution < -0.4 is 15.4 Å². The molecule has 2 N–H and O–H groups in total. The van der Waals surface area contributed by atoms with Gasteiger partial charge in [0.2, 0.25) is 0 Å². The number of nitrogens with one attached hydrogen (secondary N) is 2. The van der Waals surface area contributed by atoms with E-state index in [-0.39, 0.29) is 5.91 Å². The molecule has 0 aliphatic heterocycles. The molecule has 6 heteroatoms. The highest BCUT2D eigenvalue weighted by molar-refractivity contribution is 6.04. The first kappa shape index (κ1) is 24.0. The molecule has 178 valence electrons. The van der Waals surface area contributed by atoms with Gasteiger partial charge >= 0.3 is 0 Å². The normalized spacial score (nSPS) is 10.5. The molecule has 0 aliphatic carbocycles. The number of unbranched alkanes of at least 4 members (excludes halogenated alkanes) is 3. The van der Waals surface area contributed by atoms with Gasteiger partial charge in [0, 0.05) is 28.6 Å². The molecular formula is C29H30N4O2. The fourth-order valence-corrected chi connectivity index (χ4v) is 3.60. The first-order valence-electron chi connectivity index (χ1n) is 12.0. The number of carbonyl (C=O) groups is 1. The van der Waals surface area contributed by atoms with Crippen LogP contribution in [0.3, 0.4) is 0 Å². The summed E-state index contributed by atoms with van der Waals surface area (Å²) in [6.45, 7) is 2.89. The summed E-state index contributed by atoms with van der Waals surface area (Å²) in [5.74, 6) is 1.32. The Hall–Kier alpha value is -4.19. The molecule has 0 unspecified atom stereocenters. The van der Waals surface area contributed by atoms with Gasteiger partial charge in [0.15, 0.2) is 0 Å². The van der Waals surface area contributed by atoms with Crippen molar-refractivity contribution < 1.29 is 9.53 Å². The Kier molecular flexibility index (Phi) is 8.43. The first-order valence-corrected chi connectivity index (χ1v) is 12.0. The Bertz CT molecular complexity index is 1210. The predicted octanol–water partition coefficient (Wildman–Crippen LogP) is 7.10. The van der Waals surface area contributed by atoms with Gasteiger partial charge in [-0.15, -0.1) is 0 Å². The molecule has 35 heavy (non-hydrogen) atoms. The highest BCUT2D eigenvalue weighted by Gasteiger charge is 2.07. The van der Waals surface area contributed by atoms with Gasteiger partial charge in [0.05, 0.1) is 12.3 Å². The molecule has 0 radical (unpaired) electrons. The Balaban J connectivity index is 1.30. The predicted molar refractivity (Wildman–Crippen MR) is 141 cm³/mol. The lowest BCUT2D eigenvalue weighted by Gasteiger charge is -2.10. The minimum atomic E-state index is -0.163. The summed E-state index contributed by atoms with van der Waals surface area (Å²) in [6, 6.07) is 26.6. The van der Waals surface area contributed by atoms with E-state index in [0.29, 0.717) is 23.7 Å². The Labute approximate surface area is 206 Å². The Morgan fingerprint density at radius 2 is 1.57 bits per heavy atom. The van der Waals surface area contributed by atoms with E-state index >= 15 is 0 Å². The molecule has 4 rings (SSSR count). The number of nitrogens with zero attached hydrogens (tertiary/aromatic N) is 2. The van der Waals surface area contributed by atoms with Crippen molar-refractivity contribution in [1.29, 1.82) is 0 Å². The van der Waals surface area contributed by atoms with E-state index in [1.807, 2.05) is 72.8 Å². The van der Waals surface area contributed by atoms with Crippen molar-refractivity contribution in [2.24, 2.45) is 0 Å². The summed E-state index contributed by atoms with van der Waals surface area (Å²) < 4.78 is 5.75. The van der Waals surface area contributed by atoms with Gasteiger partial charge in [-0.2, -0.15) is 0 Å². The number of rotatable bonds is 11. The fraction of sp³-hybridized carbons (Fsp3) is 0.207. The lowest BCUT2D eigenvalue weighted by molar-refractivity contribution is 0.102.